The summed E-state index contributed by atoms with van der Waals surface area (Å²) in [6.07, 6.45) is 1.02. The maximum absolute atomic E-state index is 11.6. The number of hydrogen-bond donors (Lipinski definition) is 3. The van der Waals surface area contributed by atoms with Gasteiger partial charge in [-0.25, -0.2) is 4.99 Å². The van der Waals surface area contributed by atoms with Crippen molar-refractivity contribution in [1.29, 1.82) is 0 Å². The number of anilines is 1. The topological polar surface area (TPSA) is 79.5 Å². The first-order chi connectivity index (χ1) is 9.08. The van der Waals surface area contributed by atoms with Gasteiger partial charge in [-0.3, -0.25) is 4.79 Å². The maximum Gasteiger partial charge on any atom is 0.246 e. The number of aliphatic imine (C=N–C) groups is 1. The van der Waals surface area contributed by atoms with Crippen LogP contribution in [0.3, 0.4) is 0 Å². The average Bonchev–Trinajstić information content (AvgIpc) is 2.37. The summed E-state index contributed by atoms with van der Waals surface area (Å²) in [5.74, 6) is 0.741. The van der Waals surface area contributed by atoms with E-state index < -0.39 is 0 Å². The zero-order valence-corrected chi connectivity index (χ0v) is 11.5. The van der Waals surface area contributed by atoms with Crippen LogP contribution in [0.25, 0.3) is 0 Å². The van der Waals surface area contributed by atoms with Crippen LogP contribution >= 0.6 is 0 Å². The van der Waals surface area contributed by atoms with E-state index in [0.717, 1.165) is 18.7 Å². The van der Waals surface area contributed by atoms with E-state index in [2.05, 4.69) is 29.5 Å². The van der Waals surface area contributed by atoms with E-state index >= 15 is 0 Å². The lowest BCUT2D eigenvalue weighted by Crippen LogP contribution is -2.34. The Labute approximate surface area is 114 Å². The minimum atomic E-state index is -0.181. The first-order valence-corrected chi connectivity index (χ1v) is 6.46. The highest BCUT2D eigenvalue weighted by molar-refractivity contribution is 5.93. The number of nitrogens with two attached hydrogens (primary N) is 1. The Morgan fingerprint density at radius 2 is 2.00 bits per heavy atom. The summed E-state index contributed by atoms with van der Waals surface area (Å²) in [4.78, 5) is 15.6. The zero-order chi connectivity index (χ0) is 14.1. The second kappa shape index (κ2) is 8.13. The molecule has 0 saturated heterocycles. The van der Waals surface area contributed by atoms with Crippen LogP contribution in [-0.4, -0.2) is 25.0 Å². The molecule has 4 N–H and O–H groups in total. The van der Waals surface area contributed by atoms with Gasteiger partial charge in [-0.2, -0.15) is 0 Å². The molecule has 1 rings (SSSR count). The van der Waals surface area contributed by atoms with Gasteiger partial charge in [0.2, 0.25) is 5.91 Å². The average molecular weight is 262 g/mol. The normalized spacial score (nSPS) is 11.4. The highest BCUT2D eigenvalue weighted by Gasteiger charge is 2.01. The predicted octanol–water partition coefficient (Wildman–Crippen LogP) is 1.58. The van der Waals surface area contributed by atoms with Crippen LogP contribution < -0.4 is 16.4 Å². The van der Waals surface area contributed by atoms with Gasteiger partial charge in [0.25, 0.3) is 0 Å². The molecular formula is C14H22N4O. The second-order valence-corrected chi connectivity index (χ2v) is 4.72. The first-order valence-electron chi connectivity index (χ1n) is 6.46. The van der Waals surface area contributed by atoms with E-state index in [1.165, 1.54) is 0 Å². The largest absolute Gasteiger partial charge is 0.370 e. The van der Waals surface area contributed by atoms with Gasteiger partial charge >= 0.3 is 0 Å². The summed E-state index contributed by atoms with van der Waals surface area (Å²) < 4.78 is 0. The van der Waals surface area contributed by atoms with Gasteiger partial charge in [0.05, 0.1) is 0 Å². The van der Waals surface area contributed by atoms with Gasteiger partial charge < -0.3 is 16.4 Å². The van der Waals surface area contributed by atoms with Crippen molar-refractivity contribution in [2.24, 2.45) is 16.6 Å². The number of nitrogens with zero attached hydrogens (tertiary/aromatic N) is 1. The molecule has 5 heteroatoms. The molecule has 0 atom stereocenters. The van der Waals surface area contributed by atoms with E-state index in [1.807, 2.05) is 30.3 Å². The summed E-state index contributed by atoms with van der Waals surface area (Å²) in [6.45, 7) is 5.08. The van der Waals surface area contributed by atoms with Crippen LogP contribution in [0.2, 0.25) is 0 Å². The molecule has 1 aromatic carbocycles. The Kier molecular flexibility index (Phi) is 6.43. The van der Waals surface area contributed by atoms with Crippen molar-refractivity contribution < 1.29 is 4.79 Å². The highest BCUT2D eigenvalue weighted by Crippen LogP contribution is 2.04. The standard InChI is InChI=1S/C14H22N4O/c1-11(2)8-9-16-14(15)17-10-13(19)18-12-6-4-3-5-7-12/h3-7,11H,8-10H2,1-2H3,(H,18,19)(H3,15,16,17). The third-order valence-electron chi connectivity index (χ3n) is 2.48. The molecule has 0 spiro atoms. The van der Waals surface area contributed by atoms with Crippen molar-refractivity contribution in [2.75, 3.05) is 18.4 Å². The summed E-state index contributed by atoms with van der Waals surface area (Å²) in [6, 6.07) is 9.27. The number of guanidine groups is 1. The Morgan fingerprint density at radius 1 is 1.32 bits per heavy atom. The fraction of sp³-hybridized carbons (Fsp3) is 0.429. The maximum atomic E-state index is 11.6. The van der Waals surface area contributed by atoms with E-state index in [4.69, 9.17) is 5.73 Å². The van der Waals surface area contributed by atoms with Crippen LogP contribution in [-0.2, 0) is 4.79 Å². The molecule has 19 heavy (non-hydrogen) atoms. The smallest absolute Gasteiger partial charge is 0.246 e. The number of para-hydroxylation sites is 1. The van der Waals surface area contributed by atoms with E-state index in [1.54, 1.807) is 0 Å². The molecule has 0 heterocycles. The Hall–Kier alpha value is -2.04. The molecule has 104 valence electrons. The monoisotopic (exact) mass is 262 g/mol. The van der Waals surface area contributed by atoms with E-state index in [0.29, 0.717) is 11.9 Å². The molecule has 0 aliphatic heterocycles. The number of hydrogen-bond acceptors (Lipinski definition) is 2. The third-order valence-corrected chi connectivity index (χ3v) is 2.48. The highest BCUT2D eigenvalue weighted by atomic mass is 16.1. The molecule has 0 aliphatic carbocycles. The van der Waals surface area contributed by atoms with Crippen LogP contribution in [0.4, 0.5) is 5.69 Å². The van der Waals surface area contributed by atoms with Crippen molar-refractivity contribution in [2.45, 2.75) is 20.3 Å². The van der Waals surface area contributed by atoms with Gasteiger partial charge in [0.15, 0.2) is 5.96 Å². The van der Waals surface area contributed by atoms with Crippen LogP contribution in [0.15, 0.2) is 35.3 Å². The van der Waals surface area contributed by atoms with E-state index in [-0.39, 0.29) is 12.5 Å². The lowest BCUT2D eigenvalue weighted by molar-refractivity contribution is -0.114. The van der Waals surface area contributed by atoms with Gasteiger partial charge in [-0.05, 0) is 24.5 Å². The molecule has 5 nitrogen and oxygen atoms in total. The predicted molar refractivity (Wildman–Crippen MR) is 79.0 cm³/mol. The summed E-state index contributed by atoms with van der Waals surface area (Å²) in [7, 11) is 0. The third kappa shape index (κ3) is 7.08. The molecule has 0 bridgehead atoms. The van der Waals surface area contributed by atoms with Crippen molar-refractivity contribution in [1.82, 2.24) is 5.32 Å². The molecular weight excluding hydrogens is 240 g/mol. The van der Waals surface area contributed by atoms with Crippen molar-refractivity contribution in [3.05, 3.63) is 30.3 Å². The van der Waals surface area contributed by atoms with E-state index in [9.17, 15) is 4.79 Å². The number of benzene rings is 1. The lowest BCUT2D eigenvalue weighted by atomic mass is 10.1. The van der Waals surface area contributed by atoms with Crippen molar-refractivity contribution >= 4 is 17.6 Å². The summed E-state index contributed by atoms with van der Waals surface area (Å²) in [5.41, 5.74) is 6.42. The van der Waals surface area contributed by atoms with Gasteiger partial charge in [0.1, 0.15) is 6.54 Å². The van der Waals surface area contributed by atoms with Crippen molar-refractivity contribution in [3.8, 4) is 0 Å². The van der Waals surface area contributed by atoms with Gasteiger partial charge in [0, 0.05) is 12.2 Å². The molecule has 0 unspecified atom stereocenters. The van der Waals surface area contributed by atoms with Crippen molar-refractivity contribution in [3.63, 3.8) is 0 Å². The number of rotatable bonds is 6. The minimum absolute atomic E-state index is 0.0232. The molecule has 0 aromatic heterocycles. The van der Waals surface area contributed by atoms with Crippen LogP contribution in [0, 0.1) is 5.92 Å². The molecule has 0 saturated carbocycles. The molecule has 1 amide bonds. The zero-order valence-electron chi connectivity index (χ0n) is 11.5. The fourth-order valence-corrected chi connectivity index (χ4v) is 1.42. The van der Waals surface area contributed by atoms with Crippen LogP contribution in [0.5, 0.6) is 0 Å². The number of amides is 1. The molecule has 0 aliphatic rings. The number of carbonyl (C=O) groups excluding carboxylic acids is 1. The second-order valence-electron chi connectivity index (χ2n) is 4.72. The van der Waals surface area contributed by atoms with Gasteiger partial charge in [-0.15, -0.1) is 0 Å². The van der Waals surface area contributed by atoms with Gasteiger partial charge in [-0.1, -0.05) is 32.0 Å². The Bertz CT molecular complexity index is 415. The fourth-order valence-electron chi connectivity index (χ4n) is 1.42. The molecule has 0 fully saturated rings. The van der Waals surface area contributed by atoms with Crippen LogP contribution in [0.1, 0.15) is 20.3 Å². The Morgan fingerprint density at radius 3 is 2.63 bits per heavy atom. The quantitative estimate of drug-likeness (QED) is 0.538. The number of carbonyl (C=O) groups is 1. The summed E-state index contributed by atoms with van der Waals surface area (Å²) >= 11 is 0. The summed E-state index contributed by atoms with van der Waals surface area (Å²) in [5, 5.41) is 5.72. The lowest BCUT2D eigenvalue weighted by Gasteiger charge is -2.07. The first kappa shape index (κ1) is 15.0. The SMILES string of the molecule is CC(C)CCNC(N)=NCC(=O)Nc1ccccc1. The minimum Gasteiger partial charge on any atom is -0.370 e. The Balaban J connectivity index is 2.28. The molecule has 1 aromatic rings. The molecule has 0 radical (unpaired) electrons. The number of nitrogens with one attached hydrogen (secondary N) is 2.